The fourth-order valence-corrected chi connectivity index (χ4v) is 1.56. The van der Waals surface area contributed by atoms with Gasteiger partial charge in [0.25, 0.3) is 5.69 Å². The van der Waals surface area contributed by atoms with Crippen LogP contribution in [0.5, 0.6) is 0 Å². The zero-order valence-electron chi connectivity index (χ0n) is 9.74. The smallest absolute Gasteiger partial charge is 0.292 e. The van der Waals surface area contributed by atoms with E-state index in [0.717, 1.165) is 4.47 Å². The van der Waals surface area contributed by atoms with Gasteiger partial charge in [-0.2, -0.15) is 0 Å². The van der Waals surface area contributed by atoms with Crippen molar-refractivity contribution in [3.8, 4) is 0 Å². The molecule has 0 saturated heterocycles. The van der Waals surface area contributed by atoms with Gasteiger partial charge in [-0.15, -0.1) is 0 Å². The van der Waals surface area contributed by atoms with Gasteiger partial charge in [-0.25, -0.2) is 0 Å². The third-order valence-electron chi connectivity index (χ3n) is 2.34. The van der Waals surface area contributed by atoms with Gasteiger partial charge < -0.3 is 10.4 Å². The summed E-state index contributed by atoms with van der Waals surface area (Å²) in [6, 6.07) is 4.73. The van der Waals surface area contributed by atoms with E-state index < -0.39 is 4.92 Å². The van der Waals surface area contributed by atoms with Crippen molar-refractivity contribution < 1.29 is 10.0 Å². The van der Waals surface area contributed by atoms with Gasteiger partial charge in [0.1, 0.15) is 5.69 Å². The molecule has 0 heterocycles. The molecule has 1 aromatic rings. The van der Waals surface area contributed by atoms with Crippen LogP contribution in [0.25, 0.3) is 0 Å². The number of nitro groups is 1. The van der Waals surface area contributed by atoms with Crippen molar-refractivity contribution in [1.82, 2.24) is 0 Å². The van der Waals surface area contributed by atoms with Crippen molar-refractivity contribution in [1.29, 1.82) is 0 Å². The molecule has 94 valence electrons. The predicted octanol–water partition coefficient (Wildman–Crippen LogP) is 2.79. The van der Waals surface area contributed by atoms with E-state index >= 15 is 0 Å². The molecule has 0 saturated carbocycles. The number of nitrogens with one attached hydrogen (secondary N) is 1. The van der Waals surface area contributed by atoms with Crippen LogP contribution >= 0.6 is 15.9 Å². The largest absolute Gasteiger partial charge is 0.396 e. The maximum Gasteiger partial charge on any atom is 0.292 e. The molecule has 0 aliphatic carbocycles. The molecule has 5 nitrogen and oxygen atoms in total. The molecule has 1 rings (SSSR count). The zero-order chi connectivity index (χ0) is 13.1. The number of halogens is 1. The second-order valence-corrected chi connectivity index (χ2v) is 5.51. The minimum Gasteiger partial charge on any atom is -0.396 e. The lowest BCUT2D eigenvalue weighted by Crippen LogP contribution is -2.27. The van der Waals surface area contributed by atoms with Crippen molar-refractivity contribution in [3.63, 3.8) is 0 Å². The van der Waals surface area contributed by atoms with Crippen molar-refractivity contribution >= 4 is 27.3 Å². The summed E-state index contributed by atoms with van der Waals surface area (Å²) in [6.45, 7) is 4.23. The second-order valence-electron chi connectivity index (χ2n) is 4.59. The van der Waals surface area contributed by atoms with Gasteiger partial charge in [-0.3, -0.25) is 10.1 Å². The minimum absolute atomic E-state index is 0.0157. The van der Waals surface area contributed by atoms with Gasteiger partial charge in [0.05, 0.1) is 4.92 Å². The van der Waals surface area contributed by atoms with Gasteiger partial charge in [-0.1, -0.05) is 29.8 Å². The van der Waals surface area contributed by atoms with Gasteiger partial charge in [-0.05, 0) is 12.1 Å². The zero-order valence-corrected chi connectivity index (χ0v) is 11.3. The number of nitrogens with zero attached hydrogens (tertiary/aromatic N) is 1. The van der Waals surface area contributed by atoms with Crippen molar-refractivity contribution in [2.75, 3.05) is 18.5 Å². The van der Waals surface area contributed by atoms with E-state index in [0.29, 0.717) is 12.2 Å². The van der Waals surface area contributed by atoms with Crippen LogP contribution in [0, 0.1) is 15.5 Å². The Kier molecular flexibility index (Phi) is 4.47. The first-order chi connectivity index (χ1) is 7.85. The molecule has 0 unspecified atom stereocenters. The van der Waals surface area contributed by atoms with Crippen LogP contribution in [-0.2, 0) is 0 Å². The van der Waals surface area contributed by atoms with Crippen LogP contribution < -0.4 is 5.32 Å². The van der Waals surface area contributed by atoms with Crippen LogP contribution in [0.3, 0.4) is 0 Å². The SMILES string of the molecule is CC(C)(CO)CNc1cc(Br)ccc1[N+](=O)[O-]. The van der Waals surface area contributed by atoms with E-state index in [-0.39, 0.29) is 17.7 Å². The summed E-state index contributed by atoms with van der Waals surface area (Å²) in [4.78, 5) is 10.4. The lowest BCUT2D eigenvalue weighted by Gasteiger charge is -2.22. The molecule has 6 heteroatoms. The Labute approximate surface area is 108 Å². The quantitative estimate of drug-likeness (QED) is 0.648. The predicted molar refractivity (Wildman–Crippen MR) is 70.2 cm³/mol. The molecule has 0 atom stereocenters. The van der Waals surface area contributed by atoms with Crippen LogP contribution in [0.1, 0.15) is 13.8 Å². The fraction of sp³-hybridized carbons (Fsp3) is 0.455. The summed E-state index contributed by atoms with van der Waals surface area (Å²) < 4.78 is 0.771. The molecule has 17 heavy (non-hydrogen) atoms. The second kappa shape index (κ2) is 5.46. The molecule has 0 aromatic heterocycles. The number of nitro benzene ring substituents is 1. The summed E-state index contributed by atoms with van der Waals surface area (Å²) >= 11 is 3.27. The number of aliphatic hydroxyl groups is 1. The van der Waals surface area contributed by atoms with Crippen LogP contribution in [0.2, 0.25) is 0 Å². The van der Waals surface area contributed by atoms with Gasteiger partial charge in [0, 0.05) is 29.1 Å². The van der Waals surface area contributed by atoms with Crippen LogP contribution in [0.4, 0.5) is 11.4 Å². The highest BCUT2D eigenvalue weighted by atomic mass is 79.9. The molecular formula is C11H15BrN2O3. The van der Waals surface area contributed by atoms with Crippen LogP contribution in [-0.4, -0.2) is 23.2 Å². The maximum absolute atomic E-state index is 10.8. The Morgan fingerprint density at radius 1 is 1.53 bits per heavy atom. The first-order valence-corrected chi connectivity index (χ1v) is 5.94. The molecule has 0 aliphatic heterocycles. The van der Waals surface area contributed by atoms with Crippen molar-refractivity contribution in [2.24, 2.45) is 5.41 Å². The van der Waals surface area contributed by atoms with E-state index in [1.54, 1.807) is 12.1 Å². The topological polar surface area (TPSA) is 75.4 Å². The van der Waals surface area contributed by atoms with Crippen molar-refractivity contribution in [3.05, 3.63) is 32.8 Å². The Balaban J connectivity index is 2.89. The minimum atomic E-state index is -0.430. The number of rotatable bonds is 5. The van der Waals surface area contributed by atoms with Crippen molar-refractivity contribution in [2.45, 2.75) is 13.8 Å². The Hall–Kier alpha value is -1.14. The molecular weight excluding hydrogens is 288 g/mol. The van der Waals surface area contributed by atoms with E-state index in [1.165, 1.54) is 6.07 Å². The lowest BCUT2D eigenvalue weighted by molar-refractivity contribution is -0.384. The Morgan fingerprint density at radius 2 is 2.18 bits per heavy atom. The highest BCUT2D eigenvalue weighted by Gasteiger charge is 2.19. The Bertz CT molecular complexity index is 421. The molecule has 0 spiro atoms. The van der Waals surface area contributed by atoms with E-state index in [2.05, 4.69) is 21.2 Å². The number of anilines is 1. The van der Waals surface area contributed by atoms with Gasteiger partial charge >= 0.3 is 0 Å². The first kappa shape index (κ1) is 13.9. The summed E-state index contributed by atoms with van der Waals surface area (Å²) in [7, 11) is 0. The summed E-state index contributed by atoms with van der Waals surface area (Å²) in [6.07, 6.45) is 0. The average Bonchev–Trinajstić information content (AvgIpc) is 2.26. The molecule has 0 aliphatic rings. The monoisotopic (exact) mass is 302 g/mol. The molecule has 0 fully saturated rings. The molecule has 2 N–H and O–H groups in total. The highest BCUT2D eigenvalue weighted by Crippen LogP contribution is 2.28. The highest BCUT2D eigenvalue weighted by molar-refractivity contribution is 9.10. The molecule has 1 aromatic carbocycles. The number of hydrogen-bond donors (Lipinski definition) is 2. The van der Waals surface area contributed by atoms with Gasteiger partial charge in [0.15, 0.2) is 0 Å². The summed E-state index contributed by atoms with van der Waals surface area (Å²) in [5.74, 6) is 0. The number of aliphatic hydroxyl groups excluding tert-OH is 1. The van der Waals surface area contributed by atoms with Gasteiger partial charge in [0.2, 0.25) is 0 Å². The third kappa shape index (κ3) is 3.98. The van der Waals surface area contributed by atoms with Crippen LogP contribution in [0.15, 0.2) is 22.7 Å². The van der Waals surface area contributed by atoms with E-state index in [1.807, 2.05) is 13.8 Å². The molecule has 0 radical (unpaired) electrons. The average molecular weight is 303 g/mol. The number of benzene rings is 1. The van der Waals surface area contributed by atoms with E-state index in [9.17, 15) is 10.1 Å². The summed E-state index contributed by atoms with van der Waals surface area (Å²) in [5, 5.41) is 22.9. The fourth-order valence-electron chi connectivity index (χ4n) is 1.20. The molecule has 0 bridgehead atoms. The standard InChI is InChI=1S/C11H15BrN2O3/c1-11(2,7-15)6-13-9-5-8(12)3-4-10(9)14(16)17/h3-5,13,15H,6-7H2,1-2H3. The summed E-state index contributed by atoms with van der Waals surface area (Å²) in [5.41, 5.74) is 0.156. The lowest BCUT2D eigenvalue weighted by atomic mass is 9.95. The third-order valence-corrected chi connectivity index (χ3v) is 2.83. The number of hydrogen-bond acceptors (Lipinski definition) is 4. The van der Waals surface area contributed by atoms with E-state index in [4.69, 9.17) is 5.11 Å². The molecule has 0 amide bonds. The maximum atomic E-state index is 10.8. The first-order valence-electron chi connectivity index (χ1n) is 5.14. The Morgan fingerprint density at radius 3 is 2.71 bits per heavy atom. The normalized spacial score (nSPS) is 11.3.